The molecule has 0 aliphatic heterocycles. The van der Waals surface area contributed by atoms with Gasteiger partial charge in [-0.05, 0) is 19.1 Å². The summed E-state index contributed by atoms with van der Waals surface area (Å²) >= 11 is 0. The Morgan fingerprint density at radius 3 is 2.30 bits per heavy atom. The summed E-state index contributed by atoms with van der Waals surface area (Å²) in [6.45, 7) is 3.87. The third kappa shape index (κ3) is 8.08. The van der Waals surface area contributed by atoms with E-state index in [1.807, 2.05) is 0 Å². The van der Waals surface area contributed by atoms with Crippen LogP contribution >= 0.6 is 15.6 Å². The average molecular weight is 366 g/mol. The number of ether oxygens (including phenoxy) is 1. The zero-order valence-electron chi connectivity index (χ0n) is 12.2. The highest BCUT2D eigenvalue weighted by Crippen LogP contribution is 2.59. The molecule has 0 saturated heterocycles. The van der Waals surface area contributed by atoms with Crippen LogP contribution in [0.3, 0.4) is 0 Å². The Hall–Kier alpha value is -1.47. The van der Waals surface area contributed by atoms with Gasteiger partial charge in [0.05, 0.1) is 6.61 Å². The van der Waals surface area contributed by atoms with Gasteiger partial charge in [0.1, 0.15) is 12.4 Å². The van der Waals surface area contributed by atoms with E-state index in [0.29, 0.717) is 0 Å². The fraction of sp³-hybridized carbons (Fsp3) is 0.250. The van der Waals surface area contributed by atoms with Crippen LogP contribution in [-0.2, 0) is 27.5 Å². The van der Waals surface area contributed by atoms with E-state index >= 15 is 0 Å². The van der Waals surface area contributed by atoms with Crippen molar-refractivity contribution in [3.05, 3.63) is 42.5 Å². The Kier molecular flexibility index (Phi) is 7.15. The zero-order valence-corrected chi connectivity index (χ0v) is 13.9. The van der Waals surface area contributed by atoms with Crippen molar-refractivity contribution < 1.29 is 41.8 Å². The highest BCUT2D eigenvalue weighted by molar-refractivity contribution is 7.61. The van der Waals surface area contributed by atoms with Crippen LogP contribution in [0.4, 0.5) is 0 Å². The van der Waals surface area contributed by atoms with Crippen molar-refractivity contribution in [2.24, 2.45) is 0 Å². The Balaban J connectivity index is 2.47. The van der Waals surface area contributed by atoms with Crippen LogP contribution in [0.2, 0.25) is 0 Å². The molecule has 2 unspecified atom stereocenters. The smallest absolute Gasteiger partial charge is 0.460 e. The summed E-state index contributed by atoms with van der Waals surface area (Å²) in [5.41, 5.74) is 0.143. The summed E-state index contributed by atoms with van der Waals surface area (Å²) in [7, 11) is -9.77. The molecule has 23 heavy (non-hydrogen) atoms. The van der Waals surface area contributed by atoms with Crippen molar-refractivity contribution in [3.8, 4) is 5.75 Å². The van der Waals surface area contributed by atoms with Gasteiger partial charge in [-0.25, -0.2) is 13.9 Å². The van der Waals surface area contributed by atoms with Gasteiger partial charge >= 0.3 is 21.6 Å². The van der Waals surface area contributed by atoms with Crippen LogP contribution in [0.15, 0.2) is 42.5 Å². The molecule has 1 aromatic carbocycles. The number of benzene rings is 1. The number of carbonyl (C=O) groups excluding carboxylic acids is 1. The molecule has 0 heterocycles. The molecule has 0 aliphatic rings. The fourth-order valence-corrected chi connectivity index (χ4v) is 3.25. The molecule has 1 aromatic rings. The fourth-order valence-electron chi connectivity index (χ4n) is 1.20. The number of para-hydroxylation sites is 1. The Morgan fingerprint density at radius 1 is 1.13 bits per heavy atom. The van der Waals surface area contributed by atoms with E-state index in [-0.39, 0.29) is 17.9 Å². The molecule has 2 N–H and O–H groups in total. The topological polar surface area (TPSA) is 129 Å². The first kappa shape index (κ1) is 19.6. The molecule has 2 atom stereocenters. The van der Waals surface area contributed by atoms with Gasteiger partial charge in [0.15, 0.2) is 0 Å². The first-order valence-electron chi connectivity index (χ1n) is 6.20. The SMILES string of the molecule is C=C(C)C(=O)OCCOP(=O)(O)OP(=O)(O)Oc1ccccc1. The van der Waals surface area contributed by atoms with Crippen LogP contribution in [0.5, 0.6) is 5.75 Å². The van der Waals surface area contributed by atoms with E-state index in [0.717, 1.165) is 0 Å². The van der Waals surface area contributed by atoms with Gasteiger partial charge in [0.25, 0.3) is 0 Å². The summed E-state index contributed by atoms with van der Waals surface area (Å²) in [5, 5.41) is 0. The number of phosphoric acid groups is 2. The van der Waals surface area contributed by atoms with Gasteiger partial charge in [-0.3, -0.25) is 9.42 Å². The van der Waals surface area contributed by atoms with Gasteiger partial charge in [-0.2, -0.15) is 4.31 Å². The number of hydrogen-bond acceptors (Lipinski definition) is 7. The van der Waals surface area contributed by atoms with E-state index in [2.05, 4.69) is 24.7 Å². The highest BCUT2D eigenvalue weighted by Gasteiger charge is 2.36. The van der Waals surface area contributed by atoms with Gasteiger partial charge in [-0.1, -0.05) is 24.8 Å². The second-order valence-electron chi connectivity index (χ2n) is 4.17. The predicted octanol–water partition coefficient (Wildman–Crippen LogP) is 2.42. The van der Waals surface area contributed by atoms with Crippen LogP contribution < -0.4 is 4.52 Å². The molecular formula is C12H16O9P2. The van der Waals surface area contributed by atoms with E-state index in [1.165, 1.54) is 31.2 Å². The summed E-state index contributed by atoms with van der Waals surface area (Å²) in [6.07, 6.45) is 0. The lowest BCUT2D eigenvalue weighted by molar-refractivity contribution is -0.139. The average Bonchev–Trinajstić information content (AvgIpc) is 2.42. The van der Waals surface area contributed by atoms with Gasteiger partial charge in [0.2, 0.25) is 0 Å². The van der Waals surface area contributed by atoms with E-state index in [1.54, 1.807) is 6.07 Å². The van der Waals surface area contributed by atoms with Crippen LogP contribution in [0.1, 0.15) is 6.92 Å². The second kappa shape index (κ2) is 8.40. The molecule has 128 valence electrons. The number of esters is 1. The molecule has 0 fully saturated rings. The quantitative estimate of drug-likeness (QED) is 0.293. The maximum Gasteiger partial charge on any atom is 0.536 e. The summed E-state index contributed by atoms with van der Waals surface area (Å²) < 4.78 is 40.9. The second-order valence-corrected chi connectivity index (χ2v) is 7.14. The lowest BCUT2D eigenvalue weighted by Crippen LogP contribution is -2.10. The number of phosphoric ester groups is 2. The first-order valence-corrected chi connectivity index (χ1v) is 9.19. The maximum atomic E-state index is 11.6. The minimum atomic E-state index is -4.89. The lowest BCUT2D eigenvalue weighted by Gasteiger charge is -2.16. The number of rotatable bonds is 9. The van der Waals surface area contributed by atoms with Crippen LogP contribution in [0, 0.1) is 0 Å². The van der Waals surface area contributed by atoms with E-state index in [4.69, 9.17) is 0 Å². The summed E-state index contributed by atoms with van der Waals surface area (Å²) in [5.74, 6) is -0.740. The van der Waals surface area contributed by atoms with E-state index < -0.39 is 28.2 Å². The van der Waals surface area contributed by atoms with Gasteiger partial charge in [-0.15, -0.1) is 0 Å². The molecule has 0 bridgehead atoms. The summed E-state index contributed by atoms with van der Waals surface area (Å²) in [4.78, 5) is 29.8. The van der Waals surface area contributed by atoms with Crippen molar-refractivity contribution in [3.63, 3.8) is 0 Å². The van der Waals surface area contributed by atoms with Gasteiger partial charge < -0.3 is 14.2 Å². The first-order chi connectivity index (χ1) is 10.6. The number of carbonyl (C=O) groups is 1. The molecular weight excluding hydrogens is 350 g/mol. The lowest BCUT2D eigenvalue weighted by atomic mass is 10.3. The van der Waals surface area contributed by atoms with E-state index in [9.17, 15) is 23.7 Å². The van der Waals surface area contributed by atoms with Crippen molar-refractivity contribution in [2.45, 2.75) is 6.92 Å². The molecule has 11 heteroatoms. The largest absolute Gasteiger partial charge is 0.536 e. The minimum absolute atomic E-state index is 0.0336. The van der Waals surface area contributed by atoms with Crippen molar-refractivity contribution in [1.29, 1.82) is 0 Å². The number of hydrogen-bond donors (Lipinski definition) is 2. The van der Waals surface area contributed by atoms with Crippen molar-refractivity contribution in [2.75, 3.05) is 13.2 Å². The highest BCUT2D eigenvalue weighted by atomic mass is 31.3. The van der Waals surface area contributed by atoms with Gasteiger partial charge in [0, 0.05) is 5.57 Å². The minimum Gasteiger partial charge on any atom is -0.460 e. The Morgan fingerprint density at radius 2 is 1.74 bits per heavy atom. The molecule has 0 radical (unpaired) electrons. The molecule has 0 aromatic heterocycles. The third-order valence-electron chi connectivity index (χ3n) is 2.09. The maximum absolute atomic E-state index is 11.6. The molecule has 0 saturated carbocycles. The van der Waals surface area contributed by atoms with Crippen molar-refractivity contribution >= 4 is 21.6 Å². The molecule has 0 spiro atoms. The van der Waals surface area contributed by atoms with Crippen LogP contribution in [-0.4, -0.2) is 29.0 Å². The third-order valence-corrected chi connectivity index (χ3v) is 4.69. The molecule has 0 aliphatic carbocycles. The monoisotopic (exact) mass is 366 g/mol. The predicted molar refractivity (Wildman–Crippen MR) is 79.5 cm³/mol. The molecule has 9 nitrogen and oxygen atoms in total. The normalized spacial score (nSPS) is 16.0. The molecule has 1 rings (SSSR count). The zero-order chi connectivity index (χ0) is 17.5. The van der Waals surface area contributed by atoms with Crippen LogP contribution in [0.25, 0.3) is 0 Å². The van der Waals surface area contributed by atoms with Crippen molar-refractivity contribution in [1.82, 2.24) is 0 Å². The Bertz CT molecular complexity index is 643. The summed E-state index contributed by atoms with van der Waals surface area (Å²) in [6, 6.07) is 7.40. The Labute approximate surface area is 132 Å². The standard InChI is InChI=1S/C12H16O9P2/c1-10(2)12(13)18-8-9-19-22(14,15)21-23(16,17)20-11-6-4-3-5-7-11/h3-7H,1,8-9H2,2H3,(H,14,15)(H,16,17). The molecule has 0 amide bonds.